The Kier molecular flexibility index (Phi) is 3.96. The van der Waals surface area contributed by atoms with Gasteiger partial charge >= 0.3 is 0 Å². The number of pyridine rings is 1. The molecule has 0 radical (unpaired) electrons. The van der Waals surface area contributed by atoms with E-state index < -0.39 is 0 Å². The molecule has 7 heteroatoms. The van der Waals surface area contributed by atoms with Gasteiger partial charge in [0.15, 0.2) is 0 Å². The molecule has 142 valence electrons. The molecule has 1 saturated heterocycles. The SMILES string of the molecule is O=C(C1CCC2(CC1)CCN(c1ccccc1)C2=O)n1nnc2ncccc21. The van der Waals surface area contributed by atoms with Crippen molar-refractivity contribution in [2.75, 3.05) is 11.4 Å². The van der Waals surface area contributed by atoms with E-state index in [-0.39, 0.29) is 23.1 Å². The zero-order chi connectivity index (χ0) is 19.1. The van der Waals surface area contributed by atoms with Gasteiger partial charge in [0, 0.05) is 24.3 Å². The number of hydrogen-bond donors (Lipinski definition) is 0. The molecule has 1 spiro atoms. The summed E-state index contributed by atoms with van der Waals surface area (Å²) in [5.41, 5.74) is 1.76. The van der Waals surface area contributed by atoms with Gasteiger partial charge in [-0.15, -0.1) is 5.10 Å². The van der Waals surface area contributed by atoms with E-state index in [1.807, 2.05) is 41.3 Å². The third-order valence-electron chi connectivity index (χ3n) is 6.30. The summed E-state index contributed by atoms with van der Waals surface area (Å²) in [6.45, 7) is 0.751. The van der Waals surface area contributed by atoms with Gasteiger partial charge in [-0.05, 0) is 56.4 Å². The van der Waals surface area contributed by atoms with Crippen LogP contribution >= 0.6 is 0 Å². The third kappa shape index (κ3) is 2.61. The van der Waals surface area contributed by atoms with E-state index in [1.54, 1.807) is 12.3 Å². The Morgan fingerprint density at radius 2 is 1.82 bits per heavy atom. The molecule has 1 saturated carbocycles. The summed E-state index contributed by atoms with van der Waals surface area (Å²) < 4.78 is 1.37. The van der Waals surface area contributed by atoms with Crippen LogP contribution in [0.4, 0.5) is 5.69 Å². The zero-order valence-electron chi connectivity index (χ0n) is 15.5. The van der Waals surface area contributed by atoms with Crippen LogP contribution in [-0.2, 0) is 4.79 Å². The minimum Gasteiger partial charge on any atom is -0.312 e. The van der Waals surface area contributed by atoms with E-state index in [2.05, 4.69) is 15.3 Å². The van der Waals surface area contributed by atoms with Gasteiger partial charge in [-0.25, -0.2) is 4.98 Å². The quantitative estimate of drug-likeness (QED) is 0.688. The predicted octanol–water partition coefficient (Wildman–Crippen LogP) is 3.08. The van der Waals surface area contributed by atoms with Crippen LogP contribution < -0.4 is 4.90 Å². The normalized spacial score (nSPS) is 24.9. The van der Waals surface area contributed by atoms with E-state index in [0.717, 1.165) is 31.5 Å². The Morgan fingerprint density at radius 3 is 2.61 bits per heavy atom. The van der Waals surface area contributed by atoms with Crippen LogP contribution in [0.15, 0.2) is 48.7 Å². The van der Waals surface area contributed by atoms with Crippen LogP contribution in [0.2, 0.25) is 0 Å². The Labute approximate surface area is 162 Å². The predicted molar refractivity (Wildman–Crippen MR) is 104 cm³/mol. The van der Waals surface area contributed by atoms with Crippen LogP contribution in [0, 0.1) is 11.3 Å². The average molecular weight is 375 g/mol. The highest BCUT2D eigenvalue weighted by Gasteiger charge is 2.49. The lowest BCUT2D eigenvalue weighted by Gasteiger charge is -2.35. The Bertz CT molecular complexity index is 1040. The van der Waals surface area contributed by atoms with E-state index in [1.165, 1.54) is 4.68 Å². The molecule has 7 nitrogen and oxygen atoms in total. The summed E-state index contributed by atoms with van der Waals surface area (Å²) >= 11 is 0. The van der Waals surface area contributed by atoms with Gasteiger partial charge in [0.1, 0.15) is 5.52 Å². The molecule has 1 aliphatic carbocycles. The largest absolute Gasteiger partial charge is 0.312 e. The molecule has 0 unspecified atom stereocenters. The highest BCUT2D eigenvalue weighted by Crippen LogP contribution is 2.47. The second-order valence-electron chi connectivity index (χ2n) is 7.78. The Morgan fingerprint density at radius 1 is 1.04 bits per heavy atom. The first-order chi connectivity index (χ1) is 13.7. The maximum atomic E-state index is 13.2. The van der Waals surface area contributed by atoms with Gasteiger partial charge in [-0.2, -0.15) is 4.68 Å². The monoisotopic (exact) mass is 375 g/mol. The smallest absolute Gasteiger partial charge is 0.252 e. The zero-order valence-corrected chi connectivity index (χ0v) is 15.5. The van der Waals surface area contributed by atoms with Gasteiger partial charge < -0.3 is 4.90 Å². The molecular weight excluding hydrogens is 354 g/mol. The van der Waals surface area contributed by atoms with Crippen molar-refractivity contribution in [3.05, 3.63) is 48.7 Å². The maximum Gasteiger partial charge on any atom is 0.252 e. The highest BCUT2D eigenvalue weighted by atomic mass is 16.2. The minimum atomic E-state index is -0.321. The lowest BCUT2D eigenvalue weighted by Crippen LogP contribution is -2.39. The van der Waals surface area contributed by atoms with Gasteiger partial charge in [-0.1, -0.05) is 23.4 Å². The van der Waals surface area contributed by atoms with Crippen molar-refractivity contribution in [2.24, 2.45) is 11.3 Å². The van der Waals surface area contributed by atoms with Gasteiger partial charge in [0.25, 0.3) is 5.91 Å². The molecular formula is C21H21N5O2. The summed E-state index contributed by atoms with van der Waals surface area (Å²) in [7, 11) is 0. The fourth-order valence-electron chi connectivity index (χ4n) is 4.66. The second-order valence-corrected chi connectivity index (χ2v) is 7.78. The van der Waals surface area contributed by atoms with E-state index in [0.29, 0.717) is 24.0 Å². The number of rotatable bonds is 2. The summed E-state index contributed by atoms with van der Waals surface area (Å²) in [5.74, 6) is 0.0324. The molecule has 0 bridgehead atoms. The number of benzene rings is 1. The summed E-state index contributed by atoms with van der Waals surface area (Å²) in [6, 6.07) is 13.4. The molecule has 5 rings (SSSR count). The summed E-state index contributed by atoms with van der Waals surface area (Å²) in [4.78, 5) is 32.2. The van der Waals surface area contributed by atoms with E-state index in [9.17, 15) is 9.59 Å². The van der Waals surface area contributed by atoms with Gasteiger partial charge in [0.05, 0.1) is 5.41 Å². The number of hydrogen-bond acceptors (Lipinski definition) is 5. The molecule has 2 fully saturated rings. The molecule has 1 aromatic carbocycles. The van der Waals surface area contributed by atoms with Crippen molar-refractivity contribution in [1.82, 2.24) is 20.0 Å². The number of fused-ring (bicyclic) bond motifs is 1. The van der Waals surface area contributed by atoms with Crippen molar-refractivity contribution in [2.45, 2.75) is 32.1 Å². The summed E-state index contributed by atoms with van der Waals surface area (Å²) in [6.07, 6.45) is 5.40. The number of nitrogens with zero attached hydrogens (tertiary/aromatic N) is 5. The number of carbonyl (C=O) groups is 2. The fourth-order valence-corrected chi connectivity index (χ4v) is 4.66. The van der Waals surface area contributed by atoms with Crippen LogP contribution in [0.3, 0.4) is 0 Å². The van der Waals surface area contributed by atoms with Crippen molar-refractivity contribution < 1.29 is 9.59 Å². The Balaban J connectivity index is 1.31. The molecule has 1 aliphatic heterocycles. The molecule has 2 aromatic heterocycles. The second kappa shape index (κ2) is 6.51. The van der Waals surface area contributed by atoms with Crippen molar-refractivity contribution in [3.8, 4) is 0 Å². The van der Waals surface area contributed by atoms with Gasteiger partial charge in [0.2, 0.25) is 11.6 Å². The van der Waals surface area contributed by atoms with Crippen LogP contribution in [0.5, 0.6) is 0 Å². The molecule has 0 atom stereocenters. The fraction of sp³-hybridized carbons (Fsp3) is 0.381. The molecule has 2 aliphatic rings. The number of anilines is 1. The van der Waals surface area contributed by atoms with Crippen molar-refractivity contribution in [3.63, 3.8) is 0 Å². The van der Waals surface area contributed by atoms with Crippen LogP contribution in [-0.4, -0.2) is 38.3 Å². The molecule has 3 heterocycles. The number of amides is 1. The standard InChI is InChI=1S/C21H21N5O2/c27-19(26-17-7-4-13-22-18(17)23-24-26)15-8-10-21(11-9-15)12-14-25(20(21)28)16-5-2-1-3-6-16/h1-7,13,15H,8-12,14H2. The Hall–Kier alpha value is -3.09. The first-order valence-electron chi connectivity index (χ1n) is 9.76. The summed E-state index contributed by atoms with van der Waals surface area (Å²) in [5, 5.41) is 7.99. The third-order valence-corrected chi connectivity index (χ3v) is 6.30. The number of aromatic nitrogens is 4. The first-order valence-corrected chi connectivity index (χ1v) is 9.76. The molecule has 28 heavy (non-hydrogen) atoms. The van der Waals surface area contributed by atoms with Gasteiger partial charge in [-0.3, -0.25) is 9.59 Å². The van der Waals surface area contributed by atoms with Crippen LogP contribution in [0.25, 0.3) is 11.2 Å². The lowest BCUT2D eigenvalue weighted by molar-refractivity contribution is -0.127. The maximum absolute atomic E-state index is 13.2. The number of para-hydroxylation sites is 1. The molecule has 1 amide bonds. The first kappa shape index (κ1) is 17.0. The minimum absolute atomic E-state index is 0.0456. The molecule has 0 N–H and O–H groups in total. The van der Waals surface area contributed by atoms with Crippen molar-refractivity contribution in [1.29, 1.82) is 0 Å². The topological polar surface area (TPSA) is 81.0 Å². The van der Waals surface area contributed by atoms with Crippen molar-refractivity contribution >= 4 is 28.7 Å². The van der Waals surface area contributed by atoms with E-state index in [4.69, 9.17) is 0 Å². The van der Waals surface area contributed by atoms with E-state index >= 15 is 0 Å². The highest BCUT2D eigenvalue weighted by molar-refractivity contribution is 6.00. The lowest BCUT2D eigenvalue weighted by atomic mass is 9.69. The van der Waals surface area contributed by atoms with Crippen LogP contribution in [0.1, 0.15) is 36.9 Å². The molecule has 3 aromatic rings. The average Bonchev–Trinajstić information content (AvgIpc) is 3.31. The number of carbonyl (C=O) groups excluding carboxylic acids is 2.